The number of rotatable bonds is 4. The zero-order valence-electron chi connectivity index (χ0n) is 13.1. The molecule has 2 rings (SSSR count). The molecule has 1 N–H and O–H groups in total. The molecule has 1 heterocycles. The van der Waals surface area contributed by atoms with Crippen molar-refractivity contribution in [3.05, 3.63) is 45.7 Å². The SMILES string of the molecule is CCOc1ccc(/N=N/c2c(C)c(C#N)c(=O)n(C)c2O)cc1. The van der Waals surface area contributed by atoms with Gasteiger partial charge < -0.3 is 9.84 Å². The van der Waals surface area contributed by atoms with E-state index in [9.17, 15) is 9.90 Å². The van der Waals surface area contributed by atoms with Crippen LogP contribution in [0, 0.1) is 18.3 Å². The molecule has 0 aliphatic heterocycles. The van der Waals surface area contributed by atoms with E-state index in [2.05, 4.69) is 10.2 Å². The Morgan fingerprint density at radius 1 is 1.30 bits per heavy atom. The average Bonchev–Trinajstić information content (AvgIpc) is 2.55. The molecular formula is C16H16N4O3. The van der Waals surface area contributed by atoms with Gasteiger partial charge in [-0.05, 0) is 38.1 Å². The van der Waals surface area contributed by atoms with Crippen LogP contribution in [0.15, 0.2) is 39.3 Å². The van der Waals surface area contributed by atoms with E-state index in [0.29, 0.717) is 17.9 Å². The number of azo groups is 1. The fraction of sp³-hybridized carbons (Fsp3) is 0.250. The molecule has 0 atom stereocenters. The first-order valence-corrected chi connectivity index (χ1v) is 6.96. The lowest BCUT2D eigenvalue weighted by Gasteiger charge is -2.08. The highest BCUT2D eigenvalue weighted by atomic mass is 16.5. The van der Waals surface area contributed by atoms with Crippen molar-refractivity contribution < 1.29 is 9.84 Å². The summed E-state index contributed by atoms with van der Waals surface area (Å²) >= 11 is 0. The van der Waals surface area contributed by atoms with Gasteiger partial charge in [0.1, 0.15) is 17.4 Å². The van der Waals surface area contributed by atoms with E-state index in [1.165, 1.54) is 7.05 Å². The van der Waals surface area contributed by atoms with Crippen molar-refractivity contribution >= 4 is 11.4 Å². The number of hydrogen-bond acceptors (Lipinski definition) is 6. The van der Waals surface area contributed by atoms with E-state index < -0.39 is 5.56 Å². The van der Waals surface area contributed by atoms with Gasteiger partial charge >= 0.3 is 0 Å². The summed E-state index contributed by atoms with van der Waals surface area (Å²) in [7, 11) is 1.37. The first-order valence-electron chi connectivity index (χ1n) is 6.96. The van der Waals surface area contributed by atoms with Crippen LogP contribution >= 0.6 is 0 Å². The van der Waals surface area contributed by atoms with Crippen LogP contribution in [0.3, 0.4) is 0 Å². The maximum atomic E-state index is 11.9. The van der Waals surface area contributed by atoms with E-state index >= 15 is 0 Å². The van der Waals surface area contributed by atoms with E-state index in [1.54, 1.807) is 31.2 Å². The molecule has 7 nitrogen and oxygen atoms in total. The Morgan fingerprint density at radius 2 is 1.96 bits per heavy atom. The third kappa shape index (κ3) is 3.21. The fourth-order valence-corrected chi connectivity index (χ4v) is 2.00. The molecule has 23 heavy (non-hydrogen) atoms. The van der Waals surface area contributed by atoms with E-state index in [4.69, 9.17) is 10.00 Å². The maximum Gasteiger partial charge on any atom is 0.271 e. The van der Waals surface area contributed by atoms with Gasteiger partial charge in [-0.2, -0.15) is 10.4 Å². The van der Waals surface area contributed by atoms with E-state index in [1.807, 2.05) is 13.0 Å². The van der Waals surface area contributed by atoms with Gasteiger partial charge in [-0.15, -0.1) is 5.11 Å². The standard InChI is InChI=1S/C16H16N4O3/c1-4-23-12-7-5-11(6-8-12)18-19-14-10(2)13(9-17)15(21)20(3)16(14)22/h5-8,22H,4H2,1-3H3/b19-18+. The topological polar surface area (TPSA) is 100.0 Å². The van der Waals surface area contributed by atoms with Crippen molar-refractivity contribution in [3.8, 4) is 17.7 Å². The minimum absolute atomic E-state index is 0.0639. The summed E-state index contributed by atoms with van der Waals surface area (Å²) in [5.74, 6) is 0.389. The number of nitriles is 1. The van der Waals surface area contributed by atoms with Gasteiger partial charge in [0.25, 0.3) is 5.56 Å². The van der Waals surface area contributed by atoms with Crippen molar-refractivity contribution in [2.45, 2.75) is 13.8 Å². The second kappa shape index (κ2) is 6.75. The molecule has 0 unspecified atom stereocenters. The molecule has 2 aromatic rings. The zero-order valence-corrected chi connectivity index (χ0v) is 13.1. The fourth-order valence-electron chi connectivity index (χ4n) is 2.00. The van der Waals surface area contributed by atoms with Crippen LogP contribution in [0.4, 0.5) is 11.4 Å². The summed E-state index contributed by atoms with van der Waals surface area (Å²) < 4.78 is 6.30. The molecule has 1 aromatic carbocycles. The second-order valence-corrected chi connectivity index (χ2v) is 4.78. The highest BCUT2D eigenvalue weighted by Gasteiger charge is 2.16. The molecule has 0 aliphatic carbocycles. The maximum absolute atomic E-state index is 11.9. The summed E-state index contributed by atoms with van der Waals surface area (Å²) in [5, 5.41) is 27.1. The highest BCUT2D eigenvalue weighted by Crippen LogP contribution is 2.31. The first kappa shape index (κ1) is 16.2. The molecule has 0 bridgehead atoms. The lowest BCUT2D eigenvalue weighted by molar-refractivity contribution is 0.340. The Hall–Kier alpha value is -3.14. The Labute approximate surface area is 133 Å². The van der Waals surface area contributed by atoms with Gasteiger partial charge in [0.05, 0.1) is 12.3 Å². The number of nitrogens with zero attached hydrogens (tertiary/aromatic N) is 4. The van der Waals surface area contributed by atoms with Crippen molar-refractivity contribution in [3.63, 3.8) is 0 Å². The van der Waals surface area contributed by atoms with E-state index in [-0.39, 0.29) is 17.1 Å². The lowest BCUT2D eigenvalue weighted by atomic mass is 10.1. The van der Waals surface area contributed by atoms with Gasteiger partial charge in [-0.3, -0.25) is 9.36 Å². The van der Waals surface area contributed by atoms with Gasteiger partial charge in [0.2, 0.25) is 5.88 Å². The van der Waals surface area contributed by atoms with Gasteiger partial charge in [-0.25, -0.2) is 0 Å². The molecular weight excluding hydrogens is 296 g/mol. The summed E-state index contributed by atoms with van der Waals surface area (Å²) in [6.45, 7) is 4.01. The Morgan fingerprint density at radius 3 is 2.52 bits per heavy atom. The monoisotopic (exact) mass is 312 g/mol. The van der Waals surface area contributed by atoms with Crippen molar-refractivity contribution in [2.24, 2.45) is 17.3 Å². The van der Waals surface area contributed by atoms with Crippen LogP contribution in [-0.2, 0) is 7.05 Å². The molecule has 118 valence electrons. The van der Waals surface area contributed by atoms with Crippen LogP contribution in [0.2, 0.25) is 0 Å². The van der Waals surface area contributed by atoms with Crippen molar-refractivity contribution in [2.75, 3.05) is 6.61 Å². The highest BCUT2D eigenvalue weighted by molar-refractivity contribution is 5.59. The minimum Gasteiger partial charge on any atom is -0.494 e. The number of aromatic nitrogens is 1. The molecule has 1 aromatic heterocycles. The number of benzene rings is 1. The molecule has 0 radical (unpaired) electrons. The Kier molecular flexibility index (Phi) is 4.76. The molecule has 0 fully saturated rings. The van der Waals surface area contributed by atoms with Crippen LogP contribution in [0.1, 0.15) is 18.1 Å². The summed E-state index contributed by atoms with van der Waals surface area (Å²) in [6.07, 6.45) is 0. The molecule has 0 amide bonds. The quantitative estimate of drug-likeness (QED) is 0.877. The van der Waals surface area contributed by atoms with Gasteiger partial charge in [0.15, 0.2) is 5.69 Å². The Bertz CT molecular complexity index is 846. The number of pyridine rings is 1. The van der Waals surface area contributed by atoms with Crippen molar-refractivity contribution in [1.82, 2.24) is 4.57 Å². The Balaban J connectivity index is 2.42. The number of hydrogen-bond donors (Lipinski definition) is 1. The average molecular weight is 312 g/mol. The van der Waals surface area contributed by atoms with Gasteiger partial charge in [-0.1, -0.05) is 0 Å². The lowest BCUT2D eigenvalue weighted by Crippen LogP contribution is -2.20. The predicted octanol–water partition coefficient (Wildman–Crippen LogP) is 3.09. The molecule has 0 aliphatic rings. The normalized spacial score (nSPS) is 10.7. The summed E-state index contributed by atoms with van der Waals surface area (Å²) in [4.78, 5) is 11.9. The third-order valence-electron chi connectivity index (χ3n) is 3.30. The molecule has 7 heteroatoms. The van der Waals surface area contributed by atoms with Crippen LogP contribution in [-0.4, -0.2) is 16.3 Å². The smallest absolute Gasteiger partial charge is 0.271 e. The first-order chi connectivity index (χ1) is 11.0. The van der Waals surface area contributed by atoms with E-state index in [0.717, 1.165) is 10.3 Å². The van der Waals surface area contributed by atoms with Crippen LogP contribution in [0.5, 0.6) is 11.6 Å². The summed E-state index contributed by atoms with van der Waals surface area (Å²) in [6, 6.07) is 8.77. The van der Waals surface area contributed by atoms with Crippen LogP contribution < -0.4 is 10.3 Å². The van der Waals surface area contributed by atoms with Crippen LogP contribution in [0.25, 0.3) is 0 Å². The largest absolute Gasteiger partial charge is 0.494 e. The number of aromatic hydroxyl groups is 1. The zero-order chi connectivity index (χ0) is 17.0. The second-order valence-electron chi connectivity index (χ2n) is 4.78. The molecule has 0 saturated heterocycles. The molecule has 0 spiro atoms. The third-order valence-corrected chi connectivity index (χ3v) is 3.30. The number of ether oxygens (including phenoxy) is 1. The van der Waals surface area contributed by atoms with Gasteiger partial charge in [0, 0.05) is 12.6 Å². The molecule has 0 saturated carbocycles. The van der Waals surface area contributed by atoms with Crippen molar-refractivity contribution in [1.29, 1.82) is 5.26 Å². The minimum atomic E-state index is -0.567. The summed E-state index contributed by atoms with van der Waals surface area (Å²) in [5.41, 5.74) is 0.313. The predicted molar refractivity (Wildman–Crippen MR) is 84.6 cm³/mol.